The first-order valence-electron chi connectivity index (χ1n) is 8.68. The Morgan fingerprint density at radius 3 is 2.64 bits per heavy atom. The molecule has 1 saturated heterocycles. The summed E-state index contributed by atoms with van der Waals surface area (Å²) in [6, 6.07) is 5.53. The highest BCUT2D eigenvalue weighted by atomic mass is 16.1. The average Bonchev–Trinajstić information content (AvgIpc) is 3.39. The molecule has 2 aliphatic rings. The van der Waals surface area contributed by atoms with Crippen LogP contribution >= 0.6 is 0 Å². The Kier molecular flexibility index (Phi) is 3.22. The van der Waals surface area contributed by atoms with E-state index in [0.717, 1.165) is 56.2 Å². The Hall–Kier alpha value is -2.90. The first-order valence-corrected chi connectivity index (χ1v) is 8.68. The highest BCUT2D eigenvalue weighted by molar-refractivity contribution is 5.48. The Morgan fingerprint density at radius 1 is 1.04 bits per heavy atom. The van der Waals surface area contributed by atoms with Crippen LogP contribution in [-0.4, -0.2) is 50.7 Å². The van der Waals surface area contributed by atoms with Crippen LogP contribution < -0.4 is 15.4 Å². The van der Waals surface area contributed by atoms with Crippen molar-refractivity contribution in [1.82, 2.24) is 24.6 Å². The number of hydrogen-bond acceptors (Lipinski definition) is 6. The summed E-state index contributed by atoms with van der Waals surface area (Å²) in [6.07, 6.45) is 5.97. The van der Waals surface area contributed by atoms with Gasteiger partial charge in [0.25, 0.3) is 5.56 Å². The lowest BCUT2D eigenvalue weighted by atomic mass is 10.3. The van der Waals surface area contributed by atoms with Crippen molar-refractivity contribution in [2.24, 2.45) is 0 Å². The van der Waals surface area contributed by atoms with Crippen molar-refractivity contribution in [1.29, 1.82) is 0 Å². The number of aromatic nitrogens is 5. The number of nitrogens with one attached hydrogen (secondary N) is 1. The van der Waals surface area contributed by atoms with Gasteiger partial charge in [0, 0.05) is 50.4 Å². The van der Waals surface area contributed by atoms with Gasteiger partial charge in [0.1, 0.15) is 5.82 Å². The largest absolute Gasteiger partial charge is 0.353 e. The maximum absolute atomic E-state index is 11.9. The van der Waals surface area contributed by atoms with Crippen LogP contribution in [0.25, 0.3) is 5.65 Å². The topological polar surface area (TPSA) is 82.4 Å². The Labute approximate surface area is 144 Å². The maximum Gasteiger partial charge on any atom is 0.252 e. The minimum Gasteiger partial charge on any atom is -0.353 e. The third-order valence-electron chi connectivity index (χ3n) is 4.89. The highest BCUT2D eigenvalue weighted by Gasteiger charge is 2.27. The number of fused-ring (bicyclic) bond motifs is 1. The van der Waals surface area contributed by atoms with Crippen LogP contribution in [-0.2, 0) is 0 Å². The summed E-state index contributed by atoms with van der Waals surface area (Å²) < 4.78 is 1.76. The van der Waals surface area contributed by atoms with Gasteiger partial charge in [0.2, 0.25) is 5.95 Å². The summed E-state index contributed by atoms with van der Waals surface area (Å²) in [5.74, 6) is 2.14. The van der Waals surface area contributed by atoms with Gasteiger partial charge in [-0.05, 0) is 18.9 Å². The minimum atomic E-state index is -0.0535. The number of piperazine rings is 1. The molecular formula is C17H19N7O. The van der Waals surface area contributed by atoms with Gasteiger partial charge in [-0.15, -0.1) is 0 Å². The lowest BCUT2D eigenvalue weighted by Crippen LogP contribution is -2.47. The van der Waals surface area contributed by atoms with Crippen molar-refractivity contribution in [3.63, 3.8) is 0 Å². The van der Waals surface area contributed by atoms with E-state index in [1.165, 1.54) is 0 Å². The van der Waals surface area contributed by atoms with Gasteiger partial charge < -0.3 is 9.80 Å². The van der Waals surface area contributed by atoms with Gasteiger partial charge >= 0.3 is 0 Å². The van der Waals surface area contributed by atoms with E-state index in [2.05, 4.69) is 29.9 Å². The predicted octanol–water partition coefficient (Wildman–Crippen LogP) is 1.02. The molecule has 1 saturated carbocycles. The SMILES string of the molecule is O=c1cc(C2CC2)nc(N2CCN(c3ccn4nccc4n3)CC2)[nH]1. The predicted molar refractivity (Wildman–Crippen MR) is 94.2 cm³/mol. The van der Waals surface area contributed by atoms with E-state index in [1.54, 1.807) is 16.8 Å². The third kappa shape index (κ3) is 2.73. The van der Waals surface area contributed by atoms with E-state index in [-0.39, 0.29) is 5.56 Å². The maximum atomic E-state index is 11.9. The second-order valence-corrected chi connectivity index (χ2v) is 6.66. The van der Waals surface area contributed by atoms with Gasteiger partial charge in [0.05, 0.1) is 11.9 Å². The summed E-state index contributed by atoms with van der Waals surface area (Å²) in [5.41, 5.74) is 1.74. The van der Waals surface area contributed by atoms with Gasteiger partial charge in [-0.1, -0.05) is 0 Å². The second-order valence-electron chi connectivity index (χ2n) is 6.66. The lowest BCUT2D eigenvalue weighted by molar-refractivity contribution is 0.631. The molecular weight excluding hydrogens is 318 g/mol. The number of aromatic amines is 1. The molecule has 25 heavy (non-hydrogen) atoms. The third-order valence-corrected chi connectivity index (χ3v) is 4.89. The van der Waals surface area contributed by atoms with Crippen molar-refractivity contribution in [2.75, 3.05) is 36.0 Å². The highest BCUT2D eigenvalue weighted by Crippen LogP contribution is 2.38. The van der Waals surface area contributed by atoms with E-state index >= 15 is 0 Å². The summed E-state index contributed by atoms with van der Waals surface area (Å²) in [5, 5.41) is 4.18. The van der Waals surface area contributed by atoms with E-state index in [1.807, 2.05) is 18.3 Å². The van der Waals surface area contributed by atoms with Crippen molar-refractivity contribution in [3.8, 4) is 0 Å². The molecule has 4 heterocycles. The number of nitrogens with zero attached hydrogens (tertiary/aromatic N) is 6. The Morgan fingerprint density at radius 2 is 1.84 bits per heavy atom. The summed E-state index contributed by atoms with van der Waals surface area (Å²) in [6.45, 7) is 3.30. The fraction of sp³-hybridized carbons (Fsp3) is 0.412. The Balaban J connectivity index is 1.33. The van der Waals surface area contributed by atoms with Crippen molar-refractivity contribution in [2.45, 2.75) is 18.8 Å². The first-order chi connectivity index (χ1) is 12.3. The average molecular weight is 337 g/mol. The summed E-state index contributed by atoms with van der Waals surface area (Å²) in [4.78, 5) is 28.5. The monoisotopic (exact) mass is 337 g/mol. The number of rotatable bonds is 3. The molecule has 8 nitrogen and oxygen atoms in total. The standard InChI is InChI=1S/C17H19N7O/c25-16-11-13(12-1-2-12)19-17(21-16)23-9-7-22(8-10-23)14-4-6-24-15(20-14)3-5-18-24/h3-6,11-12H,1-2,7-10H2,(H,19,21,25). The van der Waals surface area contributed by atoms with Crippen LogP contribution in [0, 0.1) is 0 Å². The molecule has 128 valence electrons. The molecule has 0 atom stereocenters. The fourth-order valence-corrected chi connectivity index (χ4v) is 3.33. The molecule has 3 aromatic heterocycles. The van der Waals surface area contributed by atoms with E-state index < -0.39 is 0 Å². The molecule has 0 radical (unpaired) electrons. The molecule has 3 aromatic rings. The molecule has 2 fully saturated rings. The van der Waals surface area contributed by atoms with Crippen molar-refractivity contribution < 1.29 is 0 Å². The van der Waals surface area contributed by atoms with Crippen LogP contribution in [0.15, 0.2) is 35.4 Å². The summed E-state index contributed by atoms with van der Waals surface area (Å²) >= 11 is 0. The van der Waals surface area contributed by atoms with Crippen LogP contribution in [0.1, 0.15) is 24.5 Å². The smallest absolute Gasteiger partial charge is 0.252 e. The normalized spacial score (nSPS) is 18.1. The molecule has 0 bridgehead atoms. The van der Waals surface area contributed by atoms with E-state index in [9.17, 15) is 4.79 Å². The molecule has 5 rings (SSSR count). The zero-order chi connectivity index (χ0) is 16.8. The molecule has 0 spiro atoms. The lowest BCUT2D eigenvalue weighted by Gasteiger charge is -2.35. The van der Waals surface area contributed by atoms with Gasteiger partial charge in [-0.2, -0.15) is 5.10 Å². The van der Waals surface area contributed by atoms with Crippen LogP contribution in [0.3, 0.4) is 0 Å². The van der Waals surface area contributed by atoms with Crippen molar-refractivity contribution in [3.05, 3.63) is 46.6 Å². The van der Waals surface area contributed by atoms with Crippen LogP contribution in [0.4, 0.5) is 11.8 Å². The van der Waals surface area contributed by atoms with Gasteiger partial charge in [0.15, 0.2) is 5.65 Å². The molecule has 0 unspecified atom stereocenters. The van der Waals surface area contributed by atoms with E-state index in [4.69, 9.17) is 0 Å². The number of hydrogen-bond donors (Lipinski definition) is 1. The zero-order valence-corrected chi connectivity index (χ0v) is 13.8. The molecule has 1 N–H and O–H groups in total. The van der Waals surface area contributed by atoms with Crippen LogP contribution in [0.5, 0.6) is 0 Å². The first kappa shape index (κ1) is 14.4. The zero-order valence-electron chi connectivity index (χ0n) is 13.8. The van der Waals surface area contributed by atoms with Gasteiger partial charge in [-0.3, -0.25) is 9.78 Å². The van der Waals surface area contributed by atoms with Gasteiger partial charge in [-0.25, -0.2) is 14.5 Å². The molecule has 1 aliphatic carbocycles. The quantitative estimate of drug-likeness (QED) is 0.768. The molecule has 1 aliphatic heterocycles. The molecule has 8 heteroatoms. The minimum absolute atomic E-state index is 0.0535. The number of H-pyrrole nitrogens is 1. The van der Waals surface area contributed by atoms with Crippen molar-refractivity contribution >= 4 is 17.4 Å². The van der Waals surface area contributed by atoms with E-state index in [0.29, 0.717) is 11.9 Å². The Bertz CT molecular complexity index is 966. The fourth-order valence-electron chi connectivity index (χ4n) is 3.33. The summed E-state index contributed by atoms with van der Waals surface area (Å²) in [7, 11) is 0. The van der Waals surface area contributed by atoms with Crippen LogP contribution in [0.2, 0.25) is 0 Å². The second kappa shape index (κ2) is 5.58. The molecule has 0 aromatic carbocycles. The number of anilines is 2. The molecule has 0 amide bonds.